The zero-order chi connectivity index (χ0) is 16.0. The van der Waals surface area contributed by atoms with Crippen LogP contribution >= 0.6 is 0 Å². The summed E-state index contributed by atoms with van der Waals surface area (Å²) in [6.45, 7) is -0.832. The number of ether oxygens (including phenoxy) is 1. The first-order chi connectivity index (χ1) is 9.86. The molecule has 21 heavy (non-hydrogen) atoms. The third kappa shape index (κ3) is 4.01. The Morgan fingerprint density at radius 2 is 1.81 bits per heavy atom. The van der Waals surface area contributed by atoms with Crippen molar-refractivity contribution >= 4 is 6.08 Å². The lowest BCUT2D eigenvalue weighted by atomic mass is 9.97. The second kappa shape index (κ2) is 7.51. The molecule has 0 aliphatic carbocycles. The molecule has 0 spiro atoms. The molecular formula is C14H20O7. The minimum absolute atomic E-state index is 0.523. The van der Waals surface area contributed by atoms with Crippen LogP contribution in [0.5, 0.6) is 0 Å². The predicted octanol–water partition coefficient (Wildman–Crippen LogP) is -1.00. The fraction of sp³-hybridized carbons (Fsp3) is 0.429. The molecule has 0 bridgehead atoms. The van der Waals surface area contributed by atoms with Crippen molar-refractivity contribution in [1.29, 1.82) is 0 Å². The Balaban J connectivity index is 3.05. The van der Waals surface area contributed by atoms with Crippen LogP contribution in [0.15, 0.2) is 36.1 Å². The van der Waals surface area contributed by atoms with Gasteiger partial charge in [-0.15, -0.1) is 0 Å². The van der Waals surface area contributed by atoms with Gasteiger partial charge in [-0.25, -0.2) is 0 Å². The molecular weight excluding hydrogens is 280 g/mol. The van der Waals surface area contributed by atoms with Crippen LogP contribution in [0.1, 0.15) is 5.56 Å². The molecule has 0 saturated carbocycles. The highest BCUT2D eigenvalue weighted by atomic mass is 16.6. The van der Waals surface area contributed by atoms with E-state index >= 15 is 0 Å². The molecule has 0 heterocycles. The Morgan fingerprint density at radius 3 is 2.29 bits per heavy atom. The smallest absolute Gasteiger partial charge is 0.254 e. The first kappa shape index (κ1) is 17.6. The van der Waals surface area contributed by atoms with Gasteiger partial charge in [-0.3, -0.25) is 0 Å². The Kier molecular flexibility index (Phi) is 6.28. The molecule has 4 atom stereocenters. The Bertz CT molecular complexity index is 462. The number of methoxy groups -OCH3 is 1. The summed E-state index contributed by atoms with van der Waals surface area (Å²) in [5.74, 6) is -3.39. The van der Waals surface area contributed by atoms with E-state index in [4.69, 9.17) is 5.11 Å². The minimum Gasteiger partial charge on any atom is -0.507 e. The van der Waals surface area contributed by atoms with Crippen LogP contribution in [0.3, 0.4) is 0 Å². The van der Waals surface area contributed by atoms with E-state index in [1.165, 1.54) is 0 Å². The van der Waals surface area contributed by atoms with E-state index in [0.29, 0.717) is 5.56 Å². The van der Waals surface area contributed by atoms with E-state index in [-0.39, 0.29) is 0 Å². The SMILES string of the molecule is CO[C@](O)(C(O)=Cc1ccccc1)[C@@H](O)[C@H](O)[C@H](O)CO. The highest BCUT2D eigenvalue weighted by Gasteiger charge is 2.46. The van der Waals surface area contributed by atoms with Gasteiger partial charge in [0.1, 0.15) is 18.3 Å². The standard InChI is InChI=1S/C14H20O7/c1-21-14(20,13(19)12(18)10(16)8-15)11(17)7-9-5-3-2-4-6-9/h2-7,10,12-13,15-20H,8H2,1H3/t10-,12-,13+,14-/m1/s1. The largest absolute Gasteiger partial charge is 0.507 e. The number of rotatable bonds is 7. The van der Waals surface area contributed by atoms with E-state index in [2.05, 4.69) is 4.74 Å². The first-order valence-corrected chi connectivity index (χ1v) is 6.25. The number of benzene rings is 1. The van der Waals surface area contributed by atoms with E-state index in [0.717, 1.165) is 13.2 Å². The van der Waals surface area contributed by atoms with Crippen molar-refractivity contribution in [3.63, 3.8) is 0 Å². The first-order valence-electron chi connectivity index (χ1n) is 6.25. The van der Waals surface area contributed by atoms with Gasteiger partial charge in [0.15, 0.2) is 5.76 Å². The number of hydrogen-bond acceptors (Lipinski definition) is 7. The average molecular weight is 300 g/mol. The van der Waals surface area contributed by atoms with Crippen LogP contribution in [-0.4, -0.2) is 68.5 Å². The van der Waals surface area contributed by atoms with Crippen LogP contribution in [0.2, 0.25) is 0 Å². The van der Waals surface area contributed by atoms with Crippen molar-refractivity contribution in [2.75, 3.05) is 13.7 Å². The van der Waals surface area contributed by atoms with Crippen molar-refractivity contribution in [3.05, 3.63) is 41.7 Å². The van der Waals surface area contributed by atoms with Gasteiger partial charge in [0.25, 0.3) is 5.79 Å². The Labute approximate surface area is 122 Å². The molecule has 1 aromatic rings. The summed E-state index contributed by atoms with van der Waals surface area (Å²) in [6, 6.07) is 8.43. The topological polar surface area (TPSA) is 131 Å². The van der Waals surface area contributed by atoms with E-state index in [9.17, 15) is 25.5 Å². The maximum Gasteiger partial charge on any atom is 0.254 e. The molecule has 7 heteroatoms. The Morgan fingerprint density at radius 1 is 1.24 bits per heavy atom. The predicted molar refractivity (Wildman–Crippen MR) is 74.1 cm³/mol. The Hall–Kier alpha value is -1.48. The highest BCUT2D eigenvalue weighted by Crippen LogP contribution is 2.25. The molecule has 0 fully saturated rings. The van der Waals surface area contributed by atoms with Crippen molar-refractivity contribution in [2.24, 2.45) is 0 Å². The molecule has 0 aromatic heterocycles. The molecule has 1 rings (SSSR count). The van der Waals surface area contributed by atoms with Gasteiger partial charge >= 0.3 is 0 Å². The summed E-state index contributed by atoms with van der Waals surface area (Å²) >= 11 is 0. The van der Waals surface area contributed by atoms with Crippen LogP contribution < -0.4 is 0 Å². The summed E-state index contributed by atoms with van der Waals surface area (Å²) in [5.41, 5.74) is 0.523. The van der Waals surface area contributed by atoms with Gasteiger partial charge < -0.3 is 35.4 Å². The molecule has 118 valence electrons. The molecule has 6 N–H and O–H groups in total. The summed E-state index contributed by atoms with van der Waals surface area (Å²) in [7, 11) is 1.01. The normalized spacial score (nSPS) is 19.6. The van der Waals surface area contributed by atoms with E-state index in [1.807, 2.05) is 0 Å². The van der Waals surface area contributed by atoms with Gasteiger partial charge in [-0.05, 0) is 11.6 Å². The van der Waals surface area contributed by atoms with Gasteiger partial charge in [0.05, 0.1) is 6.61 Å². The molecule has 0 amide bonds. The molecule has 0 aliphatic heterocycles. The fourth-order valence-corrected chi connectivity index (χ4v) is 1.74. The summed E-state index contributed by atoms with van der Waals surface area (Å²) < 4.78 is 4.68. The minimum atomic E-state index is -2.63. The van der Waals surface area contributed by atoms with Crippen molar-refractivity contribution < 1.29 is 35.4 Å². The van der Waals surface area contributed by atoms with Crippen molar-refractivity contribution in [1.82, 2.24) is 0 Å². The third-order valence-electron chi connectivity index (χ3n) is 3.09. The molecule has 0 aliphatic rings. The van der Waals surface area contributed by atoms with Gasteiger partial charge in [0, 0.05) is 7.11 Å². The second-order valence-electron chi connectivity index (χ2n) is 4.53. The fourth-order valence-electron chi connectivity index (χ4n) is 1.74. The lowest BCUT2D eigenvalue weighted by molar-refractivity contribution is -0.262. The van der Waals surface area contributed by atoms with Crippen LogP contribution in [0.25, 0.3) is 6.08 Å². The zero-order valence-electron chi connectivity index (χ0n) is 11.5. The highest BCUT2D eigenvalue weighted by molar-refractivity contribution is 5.52. The molecule has 1 aromatic carbocycles. The number of aliphatic hydroxyl groups is 6. The molecule has 0 unspecified atom stereocenters. The quantitative estimate of drug-likeness (QED) is 0.281. The lowest BCUT2D eigenvalue weighted by Crippen LogP contribution is -2.55. The zero-order valence-corrected chi connectivity index (χ0v) is 11.5. The average Bonchev–Trinajstić information content (AvgIpc) is 2.52. The molecule has 7 nitrogen and oxygen atoms in total. The second-order valence-corrected chi connectivity index (χ2v) is 4.53. The van der Waals surface area contributed by atoms with E-state index in [1.54, 1.807) is 30.3 Å². The van der Waals surface area contributed by atoms with Crippen LogP contribution in [0.4, 0.5) is 0 Å². The lowest BCUT2D eigenvalue weighted by Gasteiger charge is -2.34. The van der Waals surface area contributed by atoms with Gasteiger partial charge in [-0.1, -0.05) is 30.3 Å². The monoisotopic (exact) mass is 300 g/mol. The van der Waals surface area contributed by atoms with Crippen molar-refractivity contribution in [3.8, 4) is 0 Å². The summed E-state index contributed by atoms with van der Waals surface area (Å²) in [5, 5.41) is 57.7. The maximum atomic E-state index is 10.2. The van der Waals surface area contributed by atoms with Gasteiger partial charge in [-0.2, -0.15) is 0 Å². The third-order valence-corrected chi connectivity index (χ3v) is 3.09. The summed E-state index contributed by atoms with van der Waals surface area (Å²) in [6.07, 6.45) is -4.56. The van der Waals surface area contributed by atoms with Gasteiger partial charge in [0.2, 0.25) is 0 Å². The molecule has 0 radical (unpaired) electrons. The molecule has 0 saturated heterocycles. The van der Waals surface area contributed by atoms with Crippen molar-refractivity contribution in [2.45, 2.75) is 24.1 Å². The van der Waals surface area contributed by atoms with Crippen LogP contribution in [-0.2, 0) is 4.74 Å². The number of aliphatic hydroxyl groups excluding tert-OH is 5. The van der Waals surface area contributed by atoms with E-state index < -0.39 is 36.5 Å². The summed E-state index contributed by atoms with van der Waals surface area (Å²) in [4.78, 5) is 0. The maximum absolute atomic E-state index is 10.2. The van der Waals surface area contributed by atoms with Crippen LogP contribution in [0, 0.1) is 0 Å². The number of hydrogen-bond donors (Lipinski definition) is 6.